The summed E-state index contributed by atoms with van der Waals surface area (Å²) in [6.45, 7) is 2.66. The Kier molecular flexibility index (Phi) is 3.02. The lowest BCUT2D eigenvalue weighted by Gasteiger charge is -2.13. The van der Waals surface area contributed by atoms with Gasteiger partial charge in [-0.05, 0) is 50.2 Å². The van der Waals surface area contributed by atoms with E-state index in [0.29, 0.717) is 12.2 Å². The van der Waals surface area contributed by atoms with Crippen LogP contribution in [0, 0.1) is 0 Å². The van der Waals surface area contributed by atoms with E-state index >= 15 is 0 Å². The number of nitrogen functional groups attached to an aromatic ring is 1. The molecule has 0 amide bonds. The monoisotopic (exact) mass is 204 g/mol. The molecule has 1 fully saturated rings. The number of nitrogens with two attached hydrogens (primary N) is 1. The van der Waals surface area contributed by atoms with Gasteiger partial charge >= 0.3 is 0 Å². The van der Waals surface area contributed by atoms with E-state index in [0.717, 1.165) is 18.7 Å². The number of Topliss-reactive ketones (excluding diaryl/α,β-unsaturated/α-hetero) is 1. The highest BCUT2D eigenvalue weighted by molar-refractivity contribution is 5.97. The average Bonchev–Trinajstić information content (AvgIpc) is 2.71. The fraction of sp³-hybridized carbons (Fsp3) is 0.417. The molecule has 1 aromatic carbocycles. The summed E-state index contributed by atoms with van der Waals surface area (Å²) in [4.78, 5) is 14.0. The second kappa shape index (κ2) is 4.45. The molecule has 3 heteroatoms. The molecule has 0 aromatic heterocycles. The smallest absolute Gasteiger partial charge is 0.176 e. The number of rotatable bonds is 3. The van der Waals surface area contributed by atoms with Crippen molar-refractivity contribution in [2.24, 2.45) is 0 Å². The molecular weight excluding hydrogens is 188 g/mol. The van der Waals surface area contributed by atoms with Gasteiger partial charge in [-0.15, -0.1) is 0 Å². The zero-order chi connectivity index (χ0) is 10.7. The maximum absolute atomic E-state index is 11.8. The summed E-state index contributed by atoms with van der Waals surface area (Å²) in [6.07, 6.45) is 2.43. The molecule has 1 saturated heterocycles. The van der Waals surface area contributed by atoms with Gasteiger partial charge < -0.3 is 5.73 Å². The number of ketones is 1. The lowest BCUT2D eigenvalue weighted by molar-refractivity contribution is 0.0945. The van der Waals surface area contributed by atoms with Crippen LogP contribution in [0.2, 0.25) is 0 Å². The number of benzene rings is 1. The van der Waals surface area contributed by atoms with Crippen molar-refractivity contribution in [2.45, 2.75) is 12.8 Å². The van der Waals surface area contributed by atoms with Crippen LogP contribution in [0.4, 0.5) is 5.69 Å². The number of hydrogen-bond donors (Lipinski definition) is 1. The molecule has 2 N–H and O–H groups in total. The molecule has 1 aromatic rings. The maximum Gasteiger partial charge on any atom is 0.176 e. The number of hydrogen-bond acceptors (Lipinski definition) is 3. The quantitative estimate of drug-likeness (QED) is 0.600. The van der Waals surface area contributed by atoms with Gasteiger partial charge in [0.1, 0.15) is 0 Å². The van der Waals surface area contributed by atoms with Gasteiger partial charge in [-0.1, -0.05) is 0 Å². The summed E-state index contributed by atoms with van der Waals surface area (Å²) in [5.74, 6) is 0.192. The molecule has 15 heavy (non-hydrogen) atoms. The minimum absolute atomic E-state index is 0.192. The van der Waals surface area contributed by atoms with Gasteiger partial charge in [-0.2, -0.15) is 0 Å². The molecule has 80 valence electrons. The molecule has 0 atom stereocenters. The zero-order valence-corrected chi connectivity index (χ0v) is 8.78. The van der Waals surface area contributed by atoms with Crippen LogP contribution in [0.25, 0.3) is 0 Å². The standard InChI is InChI=1S/C12H16N2O/c13-11-5-3-10(4-6-11)12(15)9-14-7-1-2-8-14/h3-6H,1-2,7-9,13H2. The van der Waals surface area contributed by atoms with Crippen molar-refractivity contribution in [3.63, 3.8) is 0 Å². The topological polar surface area (TPSA) is 46.3 Å². The first-order valence-electron chi connectivity index (χ1n) is 5.37. The highest BCUT2D eigenvalue weighted by Crippen LogP contribution is 2.10. The number of carbonyl (C=O) groups is 1. The lowest BCUT2D eigenvalue weighted by atomic mass is 10.1. The van der Waals surface area contributed by atoms with E-state index in [1.54, 1.807) is 24.3 Å². The van der Waals surface area contributed by atoms with Crippen LogP contribution in [-0.4, -0.2) is 30.3 Å². The Morgan fingerprint density at radius 2 is 1.80 bits per heavy atom. The van der Waals surface area contributed by atoms with Crippen LogP contribution < -0.4 is 5.73 Å². The van der Waals surface area contributed by atoms with Crippen LogP contribution in [0.1, 0.15) is 23.2 Å². The lowest BCUT2D eigenvalue weighted by Crippen LogP contribution is -2.26. The van der Waals surface area contributed by atoms with Gasteiger partial charge in [-0.3, -0.25) is 9.69 Å². The van der Waals surface area contributed by atoms with Crippen molar-refractivity contribution >= 4 is 11.5 Å². The average molecular weight is 204 g/mol. The number of carbonyl (C=O) groups excluding carboxylic acids is 1. The Labute approximate surface area is 89.9 Å². The Morgan fingerprint density at radius 3 is 2.40 bits per heavy atom. The molecule has 0 unspecified atom stereocenters. The molecule has 0 bridgehead atoms. The predicted molar refractivity (Wildman–Crippen MR) is 60.9 cm³/mol. The van der Waals surface area contributed by atoms with Crippen molar-refractivity contribution in [1.82, 2.24) is 4.90 Å². The summed E-state index contributed by atoms with van der Waals surface area (Å²) in [5, 5.41) is 0. The minimum atomic E-state index is 0.192. The summed E-state index contributed by atoms with van der Waals surface area (Å²) in [5.41, 5.74) is 7.03. The largest absolute Gasteiger partial charge is 0.399 e. The van der Waals surface area contributed by atoms with Crippen molar-refractivity contribution in [3.05, 3.63) is 29.8 Å². The van der Waals surface area contributed by atoms with Crippen LogP contribution in [0.15, 0.2) is 24.3 Å². The van der Waals surface area contributed by atoms with Gasteiger partial charge in [0, 0.05) is 11.3 Å². The summed E-state index contributed by atoms with van der Waals surface area (Å²) in [7, 11) is 0. The molecule has 2 rings (SSSR count). The first-order valence-corrected chi connectivity index (χ1v) is 5.37. The minimum Gasteiger partial charge on any atom is -0.399 e. The molecular formula is C12H16N2O. The van der Waals surface area contributed by atoms with Gasteiger partial charge in [-0.25, -0.2) is 0 Å². The summed E-state index contributed by atoms with van der Waals surface area (Å²) in [6, 6.07) is 7.15. The molecule has 0 spiro atoms. The Morgan fingerprint density at radius 1 is 1.20 bits per heavy atom. The van der Waals surface area contributed by atoms with E-state index in [1.807, 2.05) is 0 Å². The Bertz CT molecular complexity index is 339. The van der Waals surface area contributed by atoms with E-state index in [-0.39, 0.29) is 5.78 Å². The van der Waals surface area contributed by atoms with Crippen LogP contribution in [0.5, 0.6) is 0 Å². The fourth-order valence-electron chi connectivity index (χ4n) is 1.90. The molecule has 0 saturated carbocycles. The number of likely N-dealkylation sites (tertiary alicyclic amines) is 1. The zero-order valence-electron chi connectivity index (χ0n) is 8.78. The second-order valence-corrected chi connectivity index (χ2v) is 4.03. The summed E-state index contributed by atoms with van der Waals surface area (Å²) >= 11 is 0. The molecule has 1 aliphatic heterocycles. The van der Waals surface area contributed by atoms with E-state index in [1.165, 1.54) is 12.8 Å². The van der Waals surface area contributed by atoms with E-state index in [9.17, 15) is 4.79 Å². The van der Waals surface area contributed by atoms with Crippen LogP contribution in [-0.2, 0) is 0 Å². The predicted octanol–water partition coefficient (Wildman–Crippen LogP) is 1.55. The normalized spacial score (nSPS) is 16.8. The van der Waals surface area contributed by atoms with Gasteiger partial charge in [0.25, 0.3) is 0 Å². The molecule has 0 radical (unpaired) electrons. The van der Waals surface area contributed by atoms with Crippen molar-refractivity contribution in [2.75, 3.05) is 25.4 Å². The highest BCUT2D eigenvalue weighted by Gasteiger charge is 2.15. The van der Waals surface area contributed by atoms with Crippen molar-refractivity contribution in [3.8, 4) is 0 Å². The SMILES string of the molecule is Nc1ccc(C(=O)CN2CCCC2)cc1. The van der Waals surface area contributed by atoms with Crippen molar-refractivity contribution < 1.29 is 4.79 Å². The highest BCUT2D eigenvalue weighted by atomic mass is 16.1. The van der Waals surface area contributed by atoms with Gasteiger partial charge in [0.15, 0.2) is 5.78 Å². The molecule has 3 nitrogen and oxygen atoms in total. The third-order valence-corrected chi connectivity index (χ3v) is 2.80. The van der Waals surface area contributed by atoms with Crippen LogP contribution >= 0.6 is 0 Å². The third-order valence-electron chi connectivity index (χ3n) is 2.80. The molecule has 0 aliphatic carbocycles. The Balaban J connectivity index is 1.98. The second-order valence-electron chi connectivity index (χ2n) is 4.03. The first-order chi connectivity index (χ1) is 7.25. The fourth-order valence-corrected chi connectivity index (χ4v) is 1.90. The van der Waals surface area contributed by atoms with E-state index in [4.69, 9.17) is 5.73 Å². The van der Waals surface area contributed by atoms with E-state index < -0.39 is 0 Å². The summed E-state index contributed by atoms with van der Waals surface area (Å²) < 4.78 is 0. The first kappa shape index (κ1) is 10.2. The van der Waals surface area contributed by atoms with Crippen LogP contribution in [0.3, 0.4) is 0 Å². The number of anilines is 1. The van der Waals surface area contributed by atoms with Gasteiger partial charge in [0.2, 0.25) is 0 Å². The number of nitrogens with zero attached hydrogens (tertiary/aromatic N) is 1. The van der Waals surface area contributed by atoms with E-state index in [2.05, 4.69) is 4.90 Å². The van der Waals surface area contributed by atoms with Crippen molar-refractivity contribution in [1.29, 1.82) is 0 Å². The maximum atomic E-state index is 11.8. The third kappa shape index (κ3) is 2.57. The van der Waals surface area contributed by atoms with Gasteiger partial charge in [0.05, 0.1) is 6.54 Å². The molecule has 1 heterocycles. The molecule has 1 aliphatic rings. The Hall–Kier alpha value is -1.35.